The lowest BCUT2D eigenvalue weighted by atomic mass is 9.68. The SMILES string of the molecule is CN(C)c1ccc(C2Nc3c(ccc4ccccc34)C3=C2C(=O)CC(C)(C)C3)cc1. The van der Waals surface area contributed by atoms with E-state index in [1.54, 1.807) is 0 Å². The van der Waals surface area contributed by atoms with Crippen molar-refractivity contribution in [2.45, 2.75) is 32.7 Å². The Labute approximate surface area is 178 Å². The third kappa shape index (κ3) is 3.00. The molecule has 0 aromatic heterocycles. The number of anilines is 2. The minimum absolute atomic E-state index is 0.0184. The monoisotopic (exact) mass is 396 g/mol. The van der Waals surface area contributed by atoms with Crippen LogP contribution in [0.1, 0.15) is 43.9 Å². The first kappa shape index (κ1) is 18.9. The highest BCUT2D eigenvalue weighted by atomic mass is 16.1. The smallest absolute Gasteiger partial charge is 0.162 e. The van der Waals surface area contributed by atoms with Crippen molar-refractivity contribution in [1.82, 2.24) is 0 Å². The van der Waals surface area contributed by atoms with Crippen molar-refractivity contribution >= 4 is 33.5 Å². The summed E-state index contributed by atoms with van der Waals surface area (Å²) in [6.45, 7) is 4.41. The standard InChI is InChI=1S/C27H28N2O/c1-27(2)15-22-21-14-11-17-7-5-6-8-20(17)26(21)28-25(24(22)23(30)16-27)18-9-12-19(13-10-18)29(3)4/h5-14,25,28H,15-16H2,1-4H3. The van der Waals surface area contributed by atoms with E-state index in [0.29, 0.717) is 6.42 Å². The maximum atomic E-state index is 13.4. The van der Waals surface area contributed by atoms with Gasteiger partial charge in [-0.25, -0.2) is 0 Å². The van der Waals surface area contributed by atoms with Gasteiger partial charge in [0.15, 0.2) is 5.78 Å². The van der Waals surface area contributed by atoms with E-state index in [1.807, 2.05) is 14.1 Å². The molecule has 0 saturated carbocycles. The highest BCUT2D eigenvalue weighted by Gasteiger charge is 2.40. The number of nitrogens with zero attached hydrogens (tertiary/aromatic N) is 1. The van der Waals surface area contributed by atoms with Crippen LogP contribution in [0.3, 0.4) is 0 Å². The summed E-state index contributed by atoms with van der Waals surface area (Å²) < 4.78 is 0. The van der Waals surface area contributed by atoms with Gasteiger partial charge < -0.3 is 10.2 Å². The van der Waals surface area contributed by atoms with Crippen LogP contribution in [-0.2, 0) is 4.79 Å². The van der Waals surface area contributed by atoms with Crippen molar-refractivity contribution in [3.63, 3.8) is 0 Å². The minimum Gasteiger partial charge on any atom is -0.378 e. The molecule has 0 amide bonds. The summed E-state index contributed by atoms with van der Waals surface area (Å²) in [5.41, 5.74) is 6.79. The van der Waals surface area contributed by atoms with Gasteiger partial charge in [-0.3, -0.25) is 4.79 Å². The zero-order chi connectivity index (χ0) is 21.0. The van der Waals surface area contributed by atoms with E-state index in [9.17, 15) is 4.79 Å². The van der Waals surface area contributed by atoms with Crippen molar-refractivity contribution in [1.29, 1.82) is 0 Å². The molecule has 0 fully saturated rings. The maximum absolute atomic E-state index is 13.4. The molecule has 0 radical (unpaired) electrons. The third-order valence-electron chi connectivity index (χ3n) is 6.49. The van der Waals surface area contributed by atoms with Crippen LogP contribution in [0.15, 0.2) is 66.2 Å². The fourth-order valence-electron chi connectivity index (χ4n) is 5.02. The second-order valence-corrected chi connectivity index (χ2v) is 9.61. The molecular formula is C27H28N2O. The van der Waals surface area contributed by atoms with Gasteiger partial charge >= 0.3 is 0 Å². The molecule has 1 heterocycles. The van der Waals surface area contributed by atoms with Crippen LogP contribution in [0, 0.1) is 5.41 Å². The number of allylic oxidation sites excluding steroid dienone is 1. The van der Waals surface area contributed by atoms with E-state index >= 15 is 0 Å². The molecule has 1 atom stereocenters. The zero-order valence-corrected chi connectivity index (χ0v) is 18.1. The Hall–Kier alpha value is -3.07. The van der Waals surface area contributed by atoms with Crippen LogP contribution in [0.25, 0.3) is 16.3 Å². The molecule has 30 heavy (non-hydrogen) atoms. The average molecular weight is 397 g/mol. The number of carbonyl (C=O) groups excluding carboxylic acids is 1. The number of Topliss-reactive ketones (excluding diaryl/α,β-unsaturated/α-hetero) is 1. The summed E-state index contributed by atoms with van der Waals surface area (Å²) in [5, 5.41) is 6.20. The second-order valence-electron chi connectivity index (χ2n) is 9.61. The third-order valence-corrected chi connectivity index (χ3v) is 6.49. The van der Waals surface area contributed by atoms with E-state index < -0.39 is 0 Å². The number of carbonyl (C=O) groups is 1. The maximum Gasteiger partial charge on any atom is 0.162 e. The van der Waals surface area contributed by atoms with E-state index in [-0.39, 0.29) is 17.2 Å². The molecule has 3 aromatic rings. The fraction of sp³-hybridized carbons (Fsp3) is 0.296. The molecule has 3 heteroatoms. The van der Waals surface area contributed by atoms with Gasteiger partial charge in [0, 0.05) is 42.7 Å². The number of rotatable bonds is 2. The van der Waals surface area contributed by atoms with Crippen LogP contribution < -0.4 is 10.2 Å². The predicted octanol–water partition coefficient (Wildman–Crippen LogP) is 6.22. The van der Waals surface area contributed by atoms with Crippen LogP contribution in [0.2, 0.25) is 0 Å². The molecular weight excluding hydrogens is 368 g/mol. The number of ketones is 1. The molecule has 0 saturated heterocycles. The zero-order valence-electron chi connectivity index (χ0n) is 18.1. The topological polar surface area (TPSA) is 32.3 Å². The Morgan fingerprint density at radius 3 is 2.40 bits per heavy atom. The van der Waals surface area contributed by atoms with Crippen molar-refractivity contribution < 1.29 is 4.79 Å². The van der Waals surface area contributed by atoms with E-state index in [1.165, 1.54) is 21.9 Å². The first-order chi connectivity index (χ1) is 14.3. The van der Waals surface area contributed by atoms with Crippen molar-refractivity contribution in [2.24, 2.45) is 5.41 Å². The largest absolute Gasteiger partial charge is 0.378 e. The predicted molar refractivity (Wildman–Crippen MR) is 126 cm³/mol. The first-order valence-corrected chi connectivity index (χ1v) is 10.7. The lowest BCUT2D eigenvalue weighted by molar-refractivity contribution is -0.118. The molecule has 1 aliphatic heterocycles. The summed E-state index contributed by atoms with van der Waals surface area (Å²) in [6, 6.07) is 21.3. The van der Waals surface area contributed by atoms with Gasteiger partial charge in [-0.2, -0.15) is 0 Å². The lowest BCUT2D eigenvalue weighted by Gasteiger charge is -2.40. The molecule has 3 aromatic carbocycles. The number of hydrogen-bond acceptors (Lipinski definition) is 3. The van der Waals surface area contributed by atoms with Crippen molar-refractivity contribution in [3.05, 3.63) is 77.4 Å². The molecule has 3 nitrogen and oxygen atoms in total. The number of fused-ring (bicyclic) bond motifs is 4. The normalized spacial score (nSPS) is 19.9. The van der Waals surface area contributed by atoms with Crippen LogP contribution in [-0.4, -0.2) is 19.9 Å². The summed E-state index contributed by atoms with van der Waals surface area (Å²) in [7, 11) is 4.09. The van der Waals surface area contributed by atoms with E-state index in [0.717, 1.165) is 28.9 Å². The Balaban J connectivity index is 1.73. The van der Waals surface area contributed by atoms with Gasteiger partial charge in [-0.05, 0) is 40.5 Å². The molecule has 2 aliphatic rings. The lowest BCUT2D eigenvalue weighted by Crippen LogP contribution is -2.33. The molecule has 1 N–H and O–H groups in total. The Bertz CT molecular complexity index is 1190. The molecule has 152 valence electrons. The minimum atomic E-state index is -0.113. The van der Waals surface area contributed by atoms with Crippen LogP contribution in [0.4, 0.5) is 11.4 Å². The van der Waals surface area contributed by atoms with Crippen LogP contribution in [0.5, 0.6) is 0 Å². The second kappa shape index (κ2) is 6.73. The van der Waals surface area contributed by atoms with Crippen LogP contribution >= 0.6 is 0 Å². The quantitative estimate of drug-likeness (QED) is 0.558. The molecule has 1 aliphatic carbocycles. The highest BCUT2D eigenvalue weighted by molar-refractivity contribution is 6.12. The molecule has 0 bridgehead atoms. The van der Waals surface area contributed by atoms with Gasteiger partial charge in [-0.15, -0.1) is 0 Å². The Morgan fingerprint density at radius 2 is 1.67 bits per heavy atom. The summed E-state index contributed by atoms with van der Waals surface area (Å²) >= 11 is 0. The van der Waals surface area contributed by atoms with Gasteiger partial charge in [0.2, 0.25) is 0 Å². The summed E-state index contributed by atoms with van der Waals surface area (Å²) in [6.07, 6.45) is 1.52. The summed E-state index contributed by atoms with van der Waals surface area (Å²) in [5.74, 6) is 0.272. The van der Waals surface area contributed by atoms with E-state index in [2.05, 4.69) is 84.7 Å². The van der Waals surface area contributed by atoms with Crippen molar-refractivity contribution in [2.75, 3.05) is 24.3 Å². The fourth-order valence-corrected chi connectivity index (χ4v) is 5.02. The molecule has 0 spiro atoms. The van der Waals surface area contributed by atoms with Crippen molar-refractivity contribution in [3.8, 4) is 0 Å². The van der Waals surface area contributed by atoms with Gasteiger partial charge in [0.25, 0.3) is 0 Å². The Morgan fingerprint density at radius 1 is 0.933 bits per heavy atom. The first-order valence-electron chi connectivity index (χ1n) is 10.7. The molecule has 5 rings (SSSR count). The van der Waals surface area contributed by atoms with E-state index in [4.69, 9.17) is 0 Å². The Kier molecular flexibility index (Phi) is 4.25. The molecule has 1 unspecified atom stereocenters. The van der Waals surface area contributed by atoms with Gasteiger partial charge in [0.1, 0.15) is 0 Å². The average Bonchev–Trinajstić information content (AvgIpc) is 2.72. The highest BCUT2D eigenvalue weighted by Crippen LogP contribution is 2.51. The van der Waals surface area contributed by atoms with Gasteiger partial charge in [0.05, 0.1) is 11.7 Å². The number of hydrogen-bond donors (Lipinski definition) is 1. The number of benzene rings is 3. The van der Waals surface area contributed by atoms with Gasteiger partial charge in [-0.1, -0.05) is 62.4 Å². The number of nitrogens with one attached hydrogen (secondary N) is 1. The summed E-state index contributed by atoms with van der Waals surface area (Å²) in [4.78, 5) is 15.5.